The van der Waals surface area contributed by atoms with Crippen LogP contribution in [0.15, 0.2) is 42.5 Å². The van der Waals surface area contributed by atoms with Crippen LogP contribution in [0.3, 0.4) is 0 Å². The lowest BCUT2D eigenvalue weighted by Crippen LogP contribution is -2.27. The number of aryl methyl sites for hydroxylation is 1. The Hall–Kier alpha value is -2.20. The van der Waals surface area contributed by atoms with Crippen LogP contribution in [0.4, 0.5) is 5.69 Å². The molecule has 0 aromatic heterocycles. The van der Waals surface area contributed by atoms with Crippen molar-refractivity contribution in [3.63, 3.8) is 0 Å². The third-order valence-electron chi connectivity index (χ3n) is 3.61. The Bertz CT molecular complexity index is 684. The number of amides is 1. The van der Waals surface area contributed by atoms with Crippen LogP contribution in [0, 0.1) is 6.92 Å². The van der Waals surface area contributed by atoms with Crippen molar-refractivity contribution >= 4 is 24.0 Å². The monoisotopic (exact) mass is 348 g/mol. The zero-order valence-corrected chi connectivity index (χ0v) is 15.3. The van der Waals surface area contributed by atoms with Gasteiger partial charge in [0.1, 0.15) is 5.75 Å². The second-order valence-electron chi connectivity index (χ2n) is 6.01. The van der Waals surface area contributed by atoms with Gasteiger partial charge < -0.3 is 15.8 Å². The van der Waals surface area contributed by atoms with Crippen molar-refractivity contribution in [2.75, 3.05) is 5.73 Å². The van der Waals surface area contributed by atoms with E-state index in [0.717, 1.165) is 16.9 Å². The molecule has 0 bridgehead atoms. The molecule has 130 valence electrons. The molecule has 1 unspecified atom stereocenters. The molecule has 0 saturated heterocycles. The van der Waals surface area contributed by atoms with E-state index in [4.69, 9.17) is 10.5 Å². The van der Waals surface area contributed by atoms with Crippen molar-refractivity contribution in [3.8, 4) is 5.75 Å². The lowest BCUT2D eigenvalue weighted by molar-refractivity contribution is 0.0939. The maximum atomic E-state index is 12.4. The number of nitrogen functional groups attached to an aromatic ring is 1. The smallest absolute Gasteiger partial charge is 0.252 e. The van der Waals surface area contributed by atoms with E-state index in [0.29, 0.717) is 11.3 Å². The van der Waals surface area contributed by atoms with Gasteiger partial charge in [0.15, 0.2) is 0 Å². The molecule has 2 aromatic carbocycles. The molecule has 0 aliphatic rings. The van der Waals surface area contributed by atoms with Crippen LogP contribution in [-0.4, -0.2) is 12.0 Å². The topological polar surface area (TPSA) is 64.4 Å². The van der Waals surface area contributed by atoms with Gasteiger partial charge in [0.05, 0.1) is 12.1 Å². The second kappa shape index (κ2) is 8.60. The van der Waals surface area contributed by atoms with E-state index in [9.17, 15) is 4.79 Å². The molecule has 0 fully saturated rings. The summed E-state index contributed by atoms with van der Waals surface area (Å²) in [5.41, 5.74) is 8.90. The third kappa shape index (κ3) is 5.17. The number of benzene rings is 2. The van der Waals surface area contributed by atoms with Crippen LogP contribution in [0.5, 0.6) is 5.75 Å². The highest BCUT2D eigenvalue weighted by Gasteiger charge is 2.14. The van der Waals surface area contributed by atoms with Crippen LogP contribution in [-0.2, 0) is 0 Å². The molecule has 0 aliphatic heterocycles. The zero-order chi connectivity index (χ0) is 17.0. The molecule has 0 spiro atoms. The van der Waals surface area contributed by atoms with Gasteiger partial charge in [-0.3, -0.25) is 4.79 Å². The van der Waals surface area contributed by atoms with Crippen LogP contribution in [0.25, 0.3) is 0 Å². The van der Waals surface area contributed by atoms with Gasteiger partial charge in [-0.15, -0.1) is 12.4 Å². The van der Waals surface area contributed by atoms with Gasteiger partial charge in [-0.25, -0.2) is 0 Å². The van der Waals surface area contributed by atoms with Gasteiger partial charge in [-0.2, -0.15) is 0 Å². The summed E-state index contributed by atoms with van der Waals surface area (Å²) in [6.07, 6.45) is 0.143. The molecule has 5 heteroatoms. The Balaban J connectivity index is 0.00000288. The van der Waals surface area contributed by atoms with Gasteiger partial charge in [0.25, 0.3) is 5.91 Å². The van der Waals surface area contributed by atoms with Crippen molar-refractivity contribution in [2.24, 2.45) is 0 Å². The van der Waals surface area contributed by atoms with Gasteiger partial charge in [-0.05, 0) is 63.1 Å². The van der Waals surface area contributed by atoms with Gasteiger partial charge in [0.2, 0.25) is 0 Å². The van der Waals surface area contributed by atoms with E-state index in [1.807, 2.05) is 58.0 Å². The molecule has 1 amide bonds. The summed E-state index contributed by atoms with van der Waals surface area (Å²) >= 11 is 0. The summed E-state index contributed by atoms with van der Waals surface area (Å²) in [5.74, 6) is 0.707. The van der Waals surface area contributed by atoms with Crippen molar-refractivity contribution in [1.82, 2.24) is 5.32 Å². The molecule has 3 N–H and O–H groups in total. The summed E-state index contributed by atoms with van der Waals surface area (Å²) in [4.78, 5) is 12.4. The molecular weight excluding hydrogens is 324 g/mol. The first-order chi connectivity index (χ1) is 10.9. The highest BCUT2D eigenvalue weighted by Crippen LogP contribution is 2.20. The van der Waals surface area contributed by atoms with Crippen LogP contribution < -0.4 is 15.8 Å². The first kappa shape index (κ1) is 19.8. The number of ether oxygens (including phenoxy) is 1. The number of rotatable bonds is 5. The van der Waals surface area contributed by atoms with Crippen molar-refractivity contribution in [1.29, 1.82) is 0 Å². The summed E-state index contributed by atoms with van der Waals surface area (Å²) in [7, 11) is 0. The summed E-state index contributed by atoms with van der Waals surface area (Å²) in [6.45, 7) is 7.84. The predicted molar refractivity (Wildman–Crippen MR) is 101 cm³/mol. The van der Waals surface area contributed by atoms with E-state index in [-0.39, 0.29) is 30.5 Å². The van der Waals surface area contributed by atoms with Gasteiger partial charge in [-0.1, -0.05) is 18.2 Å². The Morgan fingerprint density at radius 3 is 2.29 bits per heavy atom. The molecule has 0 saturated carbocycles. The fraction of sp³-hybridized carbons (Fsp3) is 0.316. The maximum absolute atomic E-state index is 12.4. The fourth-order valence-corrected chi connectivity index (χ4v) is 2.35. The largest absolute Gasteiger partial charge is 0.491 e. The molecule has 4 nitrogen and oxygen atoms in total. The number of anilines is 1. The summed E-state index contributed by atoms with van der Waals surface area (Å²) < 4.78 is 5.63. The van der Waals surface area contributed by atoms with E-state index >= 15 is 0 Å². The van der Waals surface area contributed by atoms with Crippen molar-refractivity contribution in [2.45, 2.75) is 39.8 Å². The minimum absolute atomic E-state index is 0. The zero-order valence-electron chi connectivity index (χ0n) is 14.5. The number of nitrogens with two attached hydrogens (primary N) is 1. The van der Waals surface area contributed by atoms with E-state index in [1.54, 1.807) is 12.1 Å². The predicted octanol–water partition coefficient (Wildman–Crippen LogP) is 4.28. The van der Waals surface area contributed by atoms with Gasteiger partial charge in [0, 0.05) is 11.3 Å². The maximum Gasteiger partial charge on any atom is 0.252 e. The summed E-state index contributed by atoms with van der Waals surface area (Å²) in [5, 5.41) is 3.01. The number of nitrogens with one attached hydrogen (secondary N) is 1. The van der Waals surface area contributed by atoms with Crippen molar-refractivity contribution < 1.29 is 9.53 Å². The Kier molecular flexibility index (Phi) is 7.11. The van der Waals surface area contributed by atoms with E-state index < -0.39 is 0 Å². The highest BCUT2D eigenvalue weighted by atomic mass is 35.5. The minimum Gasteiger partial charge on any atom is -0.491 e. The fourth-order valence-electron chi connectivity index (χ4n) is 2.35. The molecular formula is C19H25ClN2O2. The van der Waals surface area contributed by atoms with Crippen molar-refractivity contribution in [3.05, 3.63) is 59.2 Å². The number of carbonyl (C=O) groups excluding carboxylic acids is 1. The normalized spacial score (nSPS) is 11.5. The lowest BCUT2D eigenvalue weighted by Gasteiger charge is -2.17. The second-order valence-corrected chi connectivity index (χ2v) is 6.01. The number of halogens is 1. The lowest BCUT2D eigenvalue weighted by atomic mass is 10.0. The average molecular weight is 349 g/mol. The quantitative estimate of drug-likeness (QED) is 0.793. The molecule has 2 aromatic rings. The first-order valence-electron chi connectivity index (χ1n) is 7.80. The molecule has 2 rings (SSSR count). The molecule has 0 aliphatic carbocycles. The Labute approximate surface area is 149 Å². The van der Waals surface area contributed by atoms with E-state index in [1.165, 1.54) is 0 Å². The first-order valence-corrected chi connectivity index (χ1v) is 7.80. The Morgan fingerprint density at radius 1 is 1.08 bits per heavy atom. The molecule has 24 heavy (non-hydrogen) atoms. The molecule has 1 atom stereocenters. The SMILES string of the molecule is Cc1ccc(N)cc1C(=O)NC(C)c1ccc(OC(C)C)cc1.Cl. The number of hydrogen-bond acceptors (Lipinski definition) is 3. The highest BCUT2D eigenvalue weighted by molar-refractivity contribution is 5.96. The molecule has 0 radical (unpaired) electrons. The average Bonchev–Trinajstić information content (AvgIpc) is 2.49. The minimum atomic E-state index is -0.121. The Morgan fingerprint density at radius 2 is 1.71 bits per heavy atom. The van der Waals surface area contributed by atoms with Gasteiger partial charge >= 0.3 is 0 Å². The summed E-state index contributed by atoms with van der Waals surface area (Å²) in [6, 6.07) is 13.0. The standard InChI is InChI=1S/C19H24N2O2.ClH/c1-12(2)23-17-9-6-15(7-10-17)14(4)21-19(22)18-11-16(20)8-5-13(18)3;/h5-12,14H,20H2,1-4H3,(H,21,22);1H. The van der Waals surface area contributed by atoms with E-state index in [2.05, 4.69) is 5.32 Å². The van der Waals surface area contributed by atoms with Crippen LogP contribution >= 0.6 is 12.4 Å². The molecule has 0 heterocycles. The number of hydrogen-bond donors (Lipinski definition) is 2. The third-order valence-corrected chi connectivity index (χ3v) is 3.61. The number of carbonyl (C=O) groups is 1. The van der Waals surface area contributed by atoms with Crippen LogP contribution in [0.1, 0.15) is 48.3 Å². The van der Waals surface area contributed by atoms with Crippen LogP contribution in [0.2, 0.25) is 0 Å².